The van der Waals surface area contributed by atoms with Crippen molar-refractivity contribution in [2.45, 2.75) is 13.0 Å². The summed E-state index contributed by atoms with van der Waals surface area (Å²) in [6, 6.07) is 16.6. The predicted molar refractivity (Wildman–Crippen MR) is 141 cm³/mol. The van der Waals surface area contributed by atoms with E-state index >= 15 is 0 Å². The lowest BCUT2D eigenvalue weighted by atomic mass is 10.0. The van der Waals surface area contributed by atoms with E-state index < -0.39 is 23.1 Å². The van der Waals surface area contributed by atoms with Crippen molar-refractivity contribution in [1.82, 2.24) is 10.3 Å². The molecule has 7 nitrogen and oxygen atoms in total. The Bertz CT molecular complexity index is 1490. The van der Waals surface area contributed by atoms with Crippen molar-refractivity contribution < 1.29 is 19.1 Å². The van der Waals surface area contributed by atoms with Crippen LogP contribution in [0.3, 0.4) is 0 Å². The molecule has 0 bridgehead atoms. The van der Waals surface area contributed by atoms with Gasteiger partial charge in [0.15, 0.2) is 0 Å². The first-order valence-electron chi connectivity index (χ1n) is 10.7. The molecule has 0 aliphatic heterocycles. The van der Waals surface area contributed by atoms with Crippen molar-refractivity contribution in [3.05, 3.63) is 97.6 Å². The second-order valence-corrected chi connectivity index (χ2v) is 9.08. The van der Waals surface area contributed by atoms with Crippen LogP contribution in [0.1, 0.15) is 27.6 Å². The van der Waals surface area contributed by atoms with Gasteiger partial charge in [-0.25, -0.2) is 9.18 Å². The molecule has 4 aromatic rings. The van der Waals surface area contributed by atoms with E-state index in [2.05, 4.69) is 15.6 Å². The van der Waals surface area contributed by atoms with Crippen molar-refractivity contribution in [1.29, 1.82) is 0 Å². The monoisotopic (exact) mass is 585 g/mol. The van der Waals surface area contributed by atoms with Crippen LogP contribution in [-0.2, 0) is 0 Å². The Morgan fingerprint density at radius 3 is 2.54 bits per heavy atom. The van der Waals surface area contributed by atoms with Gasteiger partial charge in [-0.3, -0.25) is 9.59 Å². The number of H-pyrrole nitrogens is 1. The number of nitrogens with one attached hydrogen (secondary N) is 3. The van der Waals surface area contributed by atoms with Gasteiger partial charge in [-0.05, 0) is 59.3 Å². The number of aromatic amines is 1. The normalized spacial score (nSPS) is 11.7. The molecule has 0 saturated heterocycles. The molecule has 1 heterocycles. The molecule has 0 fully saturated rings. The maximum absolute atomic E-state index is 14.6. The number of fused-ring (bicyclic) bond motifs is 1. The van der Waals surface area contributed by atoms with E-state index in [4.69, 9.17) is 0 Å². The summed E-state index contributed by atoms with van der Waals surface area (Å²) < 4.78 is 15.2. The lowest BCUT2D eigenvalue weighted by Crippen LogP contribution is -2.37. The maximum Gasteiger partial charge on any atom is 0.341 e. The van der Waals surface area contributed by atoms with E-state index in [-0.39, 0.29) is 22.6 Å². The van der Waals surface area contributed by atoms with Crippen LogP contribution in [0.4, 0.5) is 10.1 Å². The summed E-state index contributed by atoms with van der Waals surface area (Å²) in [4.78, 5) is 39.4. The first-order chi connectivity index (χ1) is 16.8. The number of carboxylic acids is 1. The fraction of sp³-hybridized carbons (Fsp3) is 0.115. The molecule has 9 heteroatoms. The topological polar surface area (TPSA) is 111 Å². The standard InChI is InChI=1S/C26H21FIN3O4/c1-14(31-25(33)16-7-8-17(19(27)11-16)15-5-3-2-4-6-15)12-29-21-10-9-20-22(23(21)28)24(32)18(13-30-20)26(34)35/h2-11,13-14,29H,12H2,1H3,(H,30,32)(H,31,33)(H,34,35)/t14-/m0/s1. The Labute approximate surface area is 213 Å². The van der Waals surface area contributed by atoms with Gasteiger partial charge in [-0.15, -0.1) is 0 Å². The Balaban J connectivity index is 1.45. The largest absolute Gasteiger partial charge is 0.477 e. The van der Waals surface area contributed by atoms with Gasteiger partial charge in [0.25, 0.3) is 5.91 Å². The zero-order chi connectivity index (χ0) is 25.1. The molecule has 1 amide bonds. The highest BCUT2D eigenvalue weighted by molar-refractivity contribution is 14.1. The van der Waals surface area contributed by atoms with Crippen LogP contribution >= 0.6 is 22.6 Å². The molecule has 4 rings (SSSR count). The van der Waals surface area contributed by atoms with Gasteiger partial charge in [0.1, 0.15) is 11.4 Å². The summed E-state index contributed by atoms with van der Waals surface area (Å²) in [6.07, 6.45) is 1.18. The SMILES string of the molecule is C[C@@H](CNc1ccc2[nH]cc(C(=O)O)c(=O)c2c1I)NC(=O)c1ccc(-c2ccccc2)c(F)c1. The molecule has 0 aliphatic rings. The number of pyridine rings is 1. The van der Waals surface area contributed by atoms with Crippen molar-refractivity contribution in [2.24, 2.45) is 0 Å². The van der Waals surface area contributed by atoms with Gasteiger partial charge in [0.2, 0.25) is 5.43 Å². The molecule has 1 atom stereocenters. The molecule has 0 radical (unpaired) electrons. The van der Waals surface area contributed by atoms with Crippen molar-refractivity contribution in [3.63, 3.8) is 0 Å². The second-order valence-electron chi connectivity index (χ2n) is 8.00. The number of carboxylic acid groups (broad SMARTS) is 1. The molecule has 178 valence electrons. The average molecular weight is 585 g/mol. The van der Waals surface area contributed by atoms with Crippen molar-refractivity contribution in [3.8, 4) is 11.1 Å². The Kier molecular flexibility index (Phi) is 7.15. The number of benzene rings is 3. The Morgan fingerprint density at radius 2 is 1.86 bits per heavy atom. The van der Waals surface area contributed by atoms with Crippen LogP contribution in [-0.4, -0.2) is 34.6 Å². The highest BCUT2D eigenvalue weighted by Gasteiger charge is 2.17. The minimum atomic E-state index is -1.30. The average Bonchev–Trinajstić information content (AvgIpc) is 2.84. The molecule has 0 aliphatic carbocycles. The third-order valence-corrected chi connectivity index (χ3v) is 6.63. The van der Waals surface area contributed by atoms with Gasteiger partial charge in [-0.1, -0.05) is 36.4 Å². The highest BCUT2D eigenvalue weighted by atomic mass is 127. The minimum Gasteiger partial charge on any atom is -0.477 e. The van der Waals surface area contributed by atoms with Crippen molar-refractivity contribution in [2.75, 3.05) is 11.9 Å². The summed E-state index contributed by atoms with van der Waals surface area (Å²) in [5, 5.41) is 15.5. The molecule has 0 saturated carbocycles. The van der Waals surface area contributed by atoms with E-state index in [0.29, 0.717) is 26.9 Å². The lowest BCUT2D eigenvalue weighted by Gasteiger charge is -2.17. The number of aromatic nitrogens is 1. The number of aromatic carboxylic acids is 1. The summed E-state index contributed by atoms with van der Waals surface area (Å²) in [6.45, 7) is 2.12. The van der Waals surface area contributed by atoms with Gasteiger partial charge in [-0.2, -0.15) is 0 Å². The van der Waals surface area contributed by atoms with Gasteiger partial charge in [0, 0.05) is 39.2 Å². The number of halogens is 2. The molecule has 4 N–H and O–H groups in total. The first-order valence-corrected chi connectivity index (χ1v) is 11.8. The van der Waals surface area contributed by atoms with Crippen molar-refractivity contribution >= 4 is 51.1 Å². The van der Waals surface area contributed by atoms with E-state index in [1.807, 2.05) is 40.8 Å². The quantitative estimate of drug-likeness (QED) is 0.232. The number of hydrogen-bond donors (Lipinski definition) is 4. The second kappa shape index (κ2) is 10.3. The Morgan fingerprint density at radius 1 is 1.11 bits per heavy atom. The van der Waals surface area contributed by atoms with Gasteiger partial charge >= 0.3 is 5.97 Å². The zero-order valence-corrected chi connectivity index (χ0v) is 20.7. The lowest BCUT2D eigenvalue weighted by molar-refractivity contribution is 0.0695. The van der Waals surface area contributed by atoms with Gasteiger partial charge in [0.05, 0.1) is 10.9 Å². The van der Waals surface area contributed by atoms with Crippen LogP contribution in [0, 0.1) is 9.39 Å². The third-order valence-electron chi connectivity index (χ3n) is 5.51. The molecular weight excluding hydrogens is 564 g/mol. The van der Waals surface area contributed by atoms with E-state index in [9.17, 15) is 23.9 Å². The summed E-state index contributed by atoms with van der Waals surface area (Å²) >= 11 is 1.99. The van der Waals surface area contributed by atoms with Crippen LogP contribution in [0.15, 0.2) is 71.7 Å². The fourth-order valence-corrected chi connectivity index (χ4v) is 4.60. The number of hydrogen-bond acceptors (Lipinski definition) is 4. The molecular formula is C26H21FIN3O4. The molecule has 0 spiro atoms. The maximum atomic E-state index is 14.6. The molecule has 35 heavy (non-hydrogen) atoms. The van der Waals surface area contributed by atoms with Crippen LogP contribution < -0.4 is 16.1 Å². The number of anilines is 1. The van der Waals surface area contributed by atoms with Crippen LogP contribution in [0.5, 0.6) is 0 Å². The van der Waals surface area contributed by atoms with Gasteiger partial charge < -0.3 is 20.7 Å². The Hall–Kier alpha value is -3.73. The summed E-state index contributed by atoms with van der Waals surface area (Å²) in [7, 11) is 0. The third kappa shape index (κ3) is 5.19. The molecule has 1 aromatic heterocycles. The fourth-order valence-electron chi connectivity index (χ4n) is 3.69. The van der Waals surface area contributed by atoms with E-state index in [1.165, 1.54) is 12.3 Å². The molecule has 0 unspecified atom stereocenters. The van der Waals surface area contributed by atoms with E-state index in [1.54, 1.807) is 43.3 Å². The highest BCUT2D eigenvalue weighted by Crippen LogP contribution is 2.25. The smallest absolute Gasteiger partial charge is 0.341 e. The van der Waals surface area contributed by atoms with Crippen LogP contribution in [0.2, 0.25) is 0 Å². The number of carbonyl (C=O) groups excluding carboxylic acids is 1. The zero-order valence-electron chi connectivity index (χ0n) is 18.6. The predicted octanol–water partition coefficient (Wildman–Crippen LogP) is 4.87. The summed E-state index contributed by atoms with van der Waals surface area (Å²) in [5.41, 5.74) is 1.61. The minimum absolute atomic E-state index is 0.210. The number of rotatable bonds is 7. The molecule has 3 aromatic carbocycles. The van der Waals surface area contributed by atoms with Crippen LogP contribution in [0.25, 0.3) is 22.0 Å². The first kappa shape index (κ1) is 24.4. The van der Waals surface area contributed by atoms with E-state index in [0.717, 1.165) is 5.56 Å². The number of amides is 1. The number of carbonyl (C=O) groups is 2. The summed E-state index contributed by atoms with van der Waals surface area (Å²) in [5.74, 6) is -2.19.